The first-order chi connectivity index (χ1) is 8.75. The van der Waals surface area contributed by atoms with Crippen LogP contribution in [0.25, 0.3) is 0 Å². The predicted molar refractivity (Wildman–Crippen MR) is 70.8 cm³/mol. The monoisotopic (exact) mass is 253 g/mol. The molecule has 0 fully saturated rings. The van der Waals surface area contributed by atoms with Crippen LogP contribution in [0.5, 0.6) is 0 Å². The van der Waals surface area contributed by atoms with Crippen LogP contribution in [0, 0.1) is 0 Å². The zero-order valence-corrected chi connectivity index (χ0v) is 11.1. The average Bonchev–Trinajstić information content (AvgIpc) is 2.81. The van der Waals surface area contributed by atoms with Gasteiger partial charge in [-0.15, -0.1) is 0 Å². The lowest BCUT2D eigenvalue weighted by molar-refractivity contribution is 0.0694. The normalized spacial score (nSPS) is 10.7. The van der Waals surface area contributed by atoms with E-state index in [9.17, 15) is 4.79 Å². The summed E-state index contributed by atoms with van der Waals surface area (Å²) in [7, 11) is 0. The lowest BCUT2D eigenvalue weighted by Crippen LogP contribution is -2.16. The van der Waals surface area contributed by atoms with Crippen molar-refractivity contribution < 1.29 is 14.3 Å². The third-order valence-corrected chi connectivity index (χ3v) is 2.97. The predicted octanol–water partition coefficient (Wildman–Crippen LogP) is 3.43. The second-order valence-corrected chi connectivity index (χ2v) is 4.51. The van der Waals surface area contributed by atoms with Crippen molar-refractivity contribution in [2.24, 2.45) is 0 Å². The Morgan fingerprint density at radius 3 is 2.72 bits per heavy atom. The molecular formula is C14H23NO3. The minimum Gasteiger partial charge on any atom is -0.478 e. The summed E-state index contributed by atoms with van der Waals surface area (Å²) >= 11 is 0. The number of hydrogen-bond donors (Lipinski definition) is 2. The maximum atomic E-state index is 10.8. The summed E-state index contributed by atoms with van der Waals surface area (Å²) in [6.45, 7) is 3.61. The third-order valence-electron chi connectivity index (χ3n) is 2.97. The molecule has 0 aliphatic rings. The zero-order valence-electron chi connectivity index (χ0n) is 11.1. The first-order valence-electron chi connectivity index (χ1n) is 6.76. The second kappa shape index (κ2) is 8.75. The Bertz CT molecular complexity index is 347. The van der Waals surface area contributed by atoms with Gasteiger partial charge in [-0.25, -0.2) is 4.79 Å². The van der Waals surface area contributed by atoms with Crippen LogP contribution in [-0.4, -0.2) is 17.6 Å². The molecule has 0 amide bonds. The molecule has 4 nitrogen and oxygen atoms in total. The van der Waals surface area contributed by atoms with Gasteiger partial charge in [0, 0.05) is 0 Å². The Balaban J connectivity index is 2.07. The van der Waals surface area contributed by atoms with Gasteiger partial charge in [-0.05, 0) is 19.0 Å². The zero-order chi connectivity index (χ0) is 13.2. The van der Waals surface area contributed by atoms with Gasteiger partial charge in [-0.2, -0.15) is 0 Å². The fourth-order valence-corrected chi connectivity index (χ4v) is 1.90. The van der Waals surface area contributed by atoms with Gasteiger partial charge in [0.15, 0.2) is 0 Å². The first kappa shape index (κ1) is 14.8. The topological polar surface area (TPSA) is 62.5 Å². The Morgan fingerprint density at radius 2 is 2.00 bits per heavy atom. The number of aromatic carboxylic acids is 1. The van der Waals surface area contributed by atoms with Crippen LogP contribution in [0.2, 0.25) is 0 Å². The molecule has 1 aromatic rings. The fraction of sp³-hybridized carbons (Fsp3) is 0.643. The summed E-state index contributed by atoms with van der Waals surface area (Å²) in [4.78, 5) is 10.8. The molecule has 102 valence electrons. The van der Waals surface area contributed by atoms with E-state index in [-0.39, 0.29) is 5.56 Å². The molecule has 4 heteroatoms. The number of furan rings is 1. The molecule has 1 rings (SSSR count). The van der Waals surface area contributed by atoms with Crippen LogP contribution in [0.4, 0.5) is 0 Å². The van der Waals surface area contributed by atoms with Gasteiger partial charge in [-0.1, -0.05) is 39.0 Å². The smallest absolute Gasteiger partial charge is 0.339 e. The summed E-state index contributed by atoms with van der Waals surface area (Å²) in [5.41, 5.74) is 0.255. The number of carboxylic acids is 1. The van der Waals surface area contributed by atoms with E-state index in [2.05, 4.69) is 12.2 Å². The van der Waals surface area contributed by atoms with Crippen LogP contribution >= 0.6 is 0 Å². The highest BCUT2D eigenvalue weighted by Crippen LogP contribution is 2.10. The van der Waals surface area contributed by atoms with E-state index in [4.69, 9.17) is 9.52 Å². The highest BCUT2D eigenvalue weighted by molar-refractivity contribution is 5.88. The number of carboxylic acid groups (broad SMARTS) is 1. The average molecular weight is 253 g/mol. The van der Waals surface area contributed by atoms with Crippen molar-refractivity contribution in [3.05, 3.63) is 23.7 Å². The first-order valence-corrected chi connectivity index (χ1v) is 6.76. The molecule has 0 unspecified atom stereocenters. The minimum atomic E-state index is -0.930. The van der Waals surface area contributed by atoms with Gasteiger partial charge in [0.25, 0.3) is 0 Å². The molecule has 0 bridgehead atoms. The molecule has 0 aliphatic carbocycles. The molecule has 0 saturated carbocycles. The number of hydrogen-bond acceptors (Lipinski definition) is 3. The molecule has 1 heterocycles. The molecule has 0 atom stereocenters. The summed E-state index contributed by atoms with van der Waals surface area (Å²) in [6, 6.07) is 1.49. The van der Waals surface area contributed by atoms with E-state index in [1.165, 1.54) is 44.4 Å². The van der Waals surface area contributed by atoms with Crippen LogP contribution in [0.1, 0.15) is 61.6 Å². The Labute approximate surface area is 108 Å². The largest absolute Gasteiger partial charge is 0.478 e. The summed E-state index contributed by atoms with van der Waals surface area (Å²) in [5.74, 6) is -0.423. The Morgan fingerprint density at radius 1 is 1.28 bits per heavy atom. The van der Waals surface area contributed by atoms with Crippen molar-refractivity contribution >= 4 is 5.97 Å². The van der Waals surface area contributed by atoms with E-state index < -0.39 is 5.97 Å². The van der Waals surface area contributed by atoms with Crippen molar-refractivity contribution in [3.63, 3.8) is 0 Å². The minimum absolute atomic E-state index is 0.255. The van der Waals surface area contributed by atoms with E-state index in [0.717, 1.165) is 13.0 Å². The number of unbranched alkanes of at least 4 members (excludes halogenated alkanes) is 5. The molecule has 0 saturated heterocycles. The number of rotatable bonds is 10. The van der Waals surface area contributed by atoms with Crippen LogP contribution in [-0.2, 0) is 6.54 Å². The molecular weight excluding hydrogens is 230 g/mol. The van der Waals surface area contributed by atoms with Crippen molar-refractivity contribution in [3.8, 4) is 0 Å². The molecule has 2 N–H and O–H groups in total. The number of carbonyl (C=O) groups is 1. The highest BCUT2D eigenvalue weighted by atomic mass is 16.4. The van der Waals surface area contributed by atoms with Gasteiger partial charge >= 0.3 is 5.97 Å². The summed E-state index contributed by atoms with van der Waals surface area (Å²) in [5, 5.41) is 12.1. The van der Waals surface area contributed by atoms with Crippen molar-refractivity contribution in [2.45, 2.75) is 52.0 Å². The maximum absolute atomic E-state index is 10.8. The number of nitrogens with one attached hydrogen (secondary N) is 1. The van der Waals surface area contributed by atoms with Gasteiger partial charge < -0.3 is 14.8 Å². The molecule has 0 aromatic carbocycles. The van der Waals surface area contributed by atoms with E-state index in [1.807, 2.05) is 0 Å². The molecule has 0 spiro atoms. The van der Waals surface area contributed by atoms with E-state index in [0.29, 0.717) is 12.3 Å². The molecule has 18 heavy (non-hydrogen) atoms. The Hall–Kier alpha value is -1.29. The van der Waals surface area contributed by atoms with Gasteiger partial charge in [0.2, 0.25) is 0 Å². The summed E-state index contributed by atoms with van der Waals surface area (Å²) < 4.78 is 5.14. The van der Waals surface area contributed by atoms with Gasteiger partial charge in [0.05, 0.1) is 12.8 Å². The SMILES string of the molecule is CCCCCCCCNCc1occc1C(=O)O. The highest BCUT2D eigenvalue weighted by Gasteiger charge is 2.12. The van der Waals surface area contributed by atoms with E-state index >= 15 is 0 Å². The quantitative estimate of drug-likeness (QED) is 0.627. The second-order valence-electron chi connectivity index (χ2n) is 4.51. The van der Waals surface area contributed by atoms with Crippen LogP contribution < -0.4 is 5.32 Å². The summed E-state index contributed by atoms with van der Waals surface area (Å²) in [6.07, 6.45) is 8.99. The molecule has 1 aromatic heterocycles. The van der Waals surface area contributed by atoms with Gasteiger partial charge in [0.1, 0.15) is 11.3 Å². The fourth-order valence-electron chi connectivity index (χ4n) is 1.90. The van der Waals surface area contributed by atoms with Crippen LogP contribution in [0.15, 0.2) is 16.7 Å². The lowest BCUT2D eigenvalue weighted by atomic mass is 10.1. The molecule has 0 radical (unpaired) electrons. The van der Waals surface area contributed by atoms with Crippen molar-refractivity contribution in [1.29, 1.82) is 0 Å². The maximum Gasteiger partial charge on any atom is 0.339 e. The lowest BCUT2D eigenvalue weighted by Gasteiger charge is -2.03. The van der Waals surface area contributed by atoms with Crippen LogP contribution in [0.3, 0.4) is 0 Å². The Kier molecular flexibility index (Phi) is 7.18. The van der Waals surface area contributed by atoms with Crippen molar-refractivity contribution in [2.75, 3.05) is 6.54 Å². The third kappa shape index (κ3) is 5.36. The van der Waals surface area contributed by atoms with E-state index in [1.54, 1.807) is 0 Å². The standard InChI is InChI=1S/C14H23NO3/c1-2-3-4-5-6-7-9-15-11-13-12(14(16)17)8-10-18-13/h8,10,15H,2-7,9,11H2,1H3,(H,16,17). The van der Waals surface area contributed by atoms with Crippen molar-refractivity contribution in [1.82, 2.24) is 5.32 Å². The van der Waals surface area contributed by atoms with Gasteiger partial charge in [-0.3, -0.25) is 0 Å². The molecule has 0 aliphatic heterocycles.